The Hall–Kier alpha value is -4.46. The first-order chi connectivity index (χ1) is 18.8. The number of ether oxygens (including phenoxy) is 1. The van der Waals surface area contributed by atoms with Crippen molar-refractivity contribution in [1.29, 1.82) is 0 Å². The molecule has 3 aromatic rings. The summed E-state index contributed by atoms with van der Waals surface area (Å²) >= 11 is 0. The Morgan fingerprint density at radius 2 is 1.62 bits per heavy atom. The fourth-order valence-corrected chi connectivity index (χ4v) is 6.11. The molecule has 3 amide bonds. The number of hydrazone groups is 1. The van der Waals surface area contributed by atoms with E-state index in [0.29, 0.717) is 5.75 Å². The molecule has 2 aromatic carbocycles. The van der Waals surface area contributed by atoms with Gasteiger partial charge in [-0.25, -0.2) is 0 Å². The minimum absolute atomic E-state index is 0.0946. The Labute approximate surface area is 227 Å². The standard InChI is InChI=1S/C31H30N4O4/c1-18-4-8-24(9-5-18)33-27(36)17-39-26-12-10-25(11-13-26)34-19(2)14-23(20(34)3)16-32-35-30(37)28-21-6-7-22(15-21)29(28)31(35)38/h4-14,16,21-22,28-29H,15,17H2,1-3H3,(H,33,36)/t21-,22-,28-,29+/m0/s1. The monoisotopic (exact) mass is 522 g/mol. The Balaban J connectivity index is 1.11. The second-order valence-electron chi connectivity index (χ2n) is 10.6. The Morgan fingerprint density at radius 1 is 0.974 bits per heavy atom. The molecule has 2 bridgehead atoms. The zero-order chi connectivity index (χ0) is 27.3. The van der Waals surface area contributed by atoms with Crippen LogP contribution in [0.3, 0.4) is 0 Å². The number of imide groups is 1. The van der Waals surface area contributed by atoms with Gasteiger partial charge in [-0.05, 0) is 81.5 Å². The van der Waals surface area contributed by atoms with Gasteiger partial charge in [0.1, 0.15) is 5.75 Å². The number of nitrogens with one attached hydrogen (secondary N) is 1. The number of rotatable bonds is 7. The normalized spacial score (nSPS) is 23.2. The Bertz CT molecular complexity index is 1490. The van der Waals surface area contributed by atoms with Gasteiger partial charge in [0.05, 0.1) is 18.1 Å². The van der Waals surface area contributed by atoms with E-state index in [1.54, 1.807) is 6.21 Å². The summed E-state index contributed by atoms with van der Waals surface area (Å²) in [7, 11) is 0. The second-order valence-corrected chi connectivity index (χ2v) is 10.6. The Kier molecular flexibility index (Phi) is 6.17. The van der Waals surface area contributed by atoms with Crippen molar-refractivity contribution in [2.24, 2.45) is 28.8 Å². The number of hydrogen-bond donors (Lipinski definition) is 1. The molecule has 1 aliphatic heterocycles. The van der Waals surface area contributed by atoms with Crippen molar-refractivity contribution in [3.05, 3.63) is 89.3 Å². The molecule has 2 aliphatic carbocycles. The SMILES string of the molecule is Cc1ccc(NC(=O)COc2ccc(-n3c(C)cc(C=NN4C(=O)[C@@H]5[C@H](C4=O)[C@H]4C=C[C@H]5C4)c3C)cc2)cc1. The number of nitrogens with zero attached hydrogens (tertiary/aromatic N) is 3. The third-order valence-electron chi connectivity index (χ3n) is 8.03. The van der Waals surface area contributed by atoms with Crippen LogP contribution < -0.4 is 10.1 Å². The van der Waals surface area contributed by atoms with Crippen molar-refractivity contribution < 1.29 is 19.1 Å². The highest BCUT2D eigenvalue weighted by Crippen LogP contribution is 2.52. The third-order valence-corrected chi connectivity index (χ3v) is 8.03. The summed E-state index contributed by atoms with van der Waals surface area (Å²) in [5.41, 5.74) is 5.53. The first kappa shape index (κ1) is 24.9. The van der Waals surface area contributed by atoms with Gasteiger partial charge in [0, 0.05) is 28.3 Å². The van der Waals surface area contributed by atoms with Crippen molar-refractivity contribution in [3.63, 3.8) is 0 Å². The number of aromatic nitrogens is 1. The van der Waals surface area contributed by atoms with Crippen LogP contribution in [-0.4, -0.2) is 40.1 Å². The van der Waals surface area contributed by atoms with E-state index in [9.17, 15) is 14.4 Å². The number of aryl methyl sites for hydroxylation is 2. The highest BCUT2D eigenvalue weighted by atomic mass is 16.5. The molecule has 0 radical (unpaired) electrons. The van der Waals surface area contributed by atoms with Crippen LogP contribution in [-0.2, 0) is 14.4 Å². The molecule has 39 heavy (non-hydrogen) atoms. The fourth-order valence-electron chi connectivity index (χ4n) is 6.11. The van der Waals surface area contributed by atoms with Crippen LogP contribution in [0.5, 0.6) is 5.75 Å². The van der Waals surface area contributed by atoms with Gasteiger partial charge in [-0.15, -0.1) is 0 Å². The highest BCUT2D eigenvalue weighted by Gasteiger charge is 2.59. The van der Waals surface area contributed by atoms with Crippen LogP contribution >= 0.6 is 0 Å². The summed E-state index contributed by atoms with van der Waals surface area (Å²) in [6.07, 6.45) is 6.66. The molecule has 1 N–H and O–H groups in total. The molecular weight excluding hydrogens is 492 g/mol. The minimum atomic E-state index is -0.258. The van der Waals surface area contributed by atoms with Gasteiger partial charge >= 0.3 is 0 Å². The molecule has 8 nitrogen and oxygen atoms in total. The molecule has 1 aromatic heterocycles. The number of amides is 3. The average molecular weight is 523 g/mol. The predicted molar refractivity (Wildman–Crippen MR) is 148 cm³/mol. The van der Waals surface area contributed by atoms with Crippen LogP contribution in [0.15, 0.2) is 71.9 Å². The van der Waals surface area contributed by atoms with Crippen LogP contribution in [0.4, 0.5) is 5.69 Å². The zero-order valence-electron chi connectivity index (χ0n) is 22.1. The number of allylic oxidation sites excluding steroid dienone is 2. The molecule has 1 saturated heterocycles. The maximum atomic E-state index is 12.9. The average Bonchev–Trinajstić information content (AvgIpc) is 3.67. The van der Waals surface area contributed by atoms with Crippen molar-refractivity contribution in [2.75, 3.05) is 11.9 Å². The molecule has 2 fully saturated rings. The van der Waals surface area contributed by atoms with E-state index in [0.717, 1.165) is 45.3 Å². The number of benzene rings is 2. The Morgan fingerprint density at radius 3 is 2.26 bits per heavy atom. The lowest BCUT2D eigenvalue weighted by atomic mass is 9.85. The summed E-state index contributed by atoms with van der Waals surface area (Å²) in [5, 5.41) is 8.24. The topological polar surface area (TPSA) is 93.0 Å². The predicted octanol–water partition coefficient (Wildman–Crippen LogP) is 4.56. The summed E-state index contributed by atoms with van der Waals surface area (Å²) in [6.45, 7) is 5.86. The van der Waals surface area contributed by atoms with Crippen molar-refractivity contribution in [1.82, 2.24) is 9.58 Å². The molecule has 0 unspecified atom stereocenters. The van der Waals surface area contributed by atoms with Gasteiger partial charge in [0.15, 0.2) is 6.61 Å². The van der Waals surface area contributed by atoms with E-state index in [2.05, 4.69) is 27.1 Å². The summed E-state index contributed by atoms with van der Waals surface area (Å²) in [5.74, 6) is -0.204. The largest absolute Gasteiger partial charge is 0.484 e. The molecule has 8 heteroatoms. The molecule has 2 heterocycles. The van der Waals surface area contributed by atoms with Gasteiger partial charge < -0.3 is 14.6 Å². The minimum Gasteiger partial charge on any atom is -0.484 e. The molecule has 1 saturated carbocycles. The van der Waals surface area contributed by atoms with Crippen molar-refractivity contribution >= 4 is 29.6 Å². The second kappa shape index (κ2) is 9.69. The smallest absolute Gasteiger partial charge is 0.262 e. The summed E-state index contributed by atoms with van der Waals surface area (Å²) in [6, 6.07) is 17.1. The van der Waals surface area contributed by atoms with Gasteiger partial charge in [-0.1, -0.05) is 29.8 Å². The quantitative estimate of drug-likeness (QED) is 0.280. The van der Waals surface area contributed by atoms with Crippen molar-refractivity contribution in [2.45, 2.75) is 27.2 Å². The molecule has 0 spiro atoms. The van der Waals surface area contributed by atoms with E-state index < -0.39 is 0 Å². The lowest BCUT2D eigenvalue weighted by Crippen LogP contribution is -2.28. The molecule has 4 atom stereocenters. The number of hydrogen-bond acceptors (Lipinski definition) is 5. The molecule has 198 valence electrons. The lowest BCUT2D eigenvalue weighted by Gasteiger charge is -2.13. The van der Waals surface area contributed by atoms with E-state index in [-0.39, 0.29) is 48.0 Å². The van der Waals surface area contributed by atoms with Gasteiger partial charge in [0.2, 0.25) is 0 Å². The van der Waals surface area contributed by atoms with Crippen LogP contribution in [0.2, 0.25) is 0 Å². The van der Waals surface area contributed by atoms with Gasteiger partial charge in [-0.2, -0.15) is 10.1 Å². The number of carbonyl (C=O) groups is 3. The maximum absolute atomic E-state index is 12.9. The number of fused-ring (bicyclic) bond motifs is 5. The lowest BCUT2D eigenvalue weighted by molar-refractivity contribution is -0.140. The molecule has 6 rings (SSSR count). The van der Waals surface area contributed by atoms with Crippen molar-refractivity contribution in [3.8, 4) is 11.4 Å². The number of anilines is 1. The fraction of sp³-hybridized carbons (Fsp3) is 0.290. The van der Waals surface area contributed by atoms with E-state index in [4.69, 9.17) is 4.74 Å². The maximum Gasteiger partial charge on any atom is 0.262 e. The first-order valence-corrected chi connectivity index (χ1v) is 13.2. The van der Waals surface area contributed by atoms with E-state index in [1.807, 2.05) is 75.4 Å². The highest BCUT2D eigenvalue weighted by molar-refractivity contribution is 6.06. The van der Waals surface area contributed by atoms with E-state index in [1.165, 1.54) is 0 Å². The summed E-state index contributed by atoms with van der Waals surface area (Å²) < 4.78 is 7.74. The third kappa shape index (κ3) is 4.46. The zero-order valence-corrected chi connectivity index (χ0v) is 22.1. The molecule has 3 aliphatic rings. The summed E-state index contributed by atoms with van der Waals surface area (Å²) in [4.78, 5) is 38.1. The van der Waals surface area contributed by atoms with Crippen LogP contribution in [0.25, 0.3) is 5.69 Å². The van der Waals surface area contributed by atoms with E-state index >= 15 is 0 Å². The van der Waals surface area contributed by atoms with Crippen LogP contribution in [0.1, 0.15) is 28.9 Å². The first-order valence-electron chi connectivity index (χ1n) is 13.2. The number of carbonyl (C=O) groups excluding carboxylic acids is 3. The van der Waals surface area contributed by atoms with Crippen LogP contribution in [0, 0.1) is 44.4 Å². The van der Waals surface area contributed by atoms with Gasteiger partial charge in [0.25, 0.3) is 17.7 Å². The van der Waals surface area contributed by atoms with Gasteiger partial charge in [-0.3, -0.25) is 14.4 Å². The molecular formula is C31H30N4O4.